The molecule has 2 unspecified atom stereocenters. The van der Waals surface area contributed by atoms with Gasteiger partial charge in [-0.3, -0.25) is 9.97 Å². The lowest BCUT2D eigenvalue weighted by molar-refractivity contribution is 0.206. The van der Waals surface area contributed by atoms with Crippen molar-refractivity contribution in [2.75, 3.05) is 46.0 Å². The number of pyridine rings is 2. The van der Waals surface area contributed by atoms with E-state index in [0.29, 0.717) is 23.7 Å². The van der Waals surface area contributed by atoms with Crippen molar-refractivity contribution in [3.63, 3.8) is 0 Å². The zero-order chi connectivity index (χ0) is 33.4. The molecule has 2 aliphatic heterocycles. The highest BCUT2D eigenvalue weighted by Crippen LogP contribution is 2.44. The number of nitrogens with two attached hydrogens (primary N) is 1. The molecule has 252 valence electrons. The summed E-state index contributed by atoms with van der Waals surface area (Å²) >= 11 is 16.2. The Kier molecular flexibility index (Phi) is 10.5. The first-order valence-electron chi connectivity index (χ1n) is 17.6. The molecular formula is C40H46BrCl2N5. The van der Waals surface area contributed by atoms with E-state index in [0.717, 1.165) is 59.0 Å². The van der Waals surface area contributed by atoms with E-state index in [1.165, 1.54) is 83.5 Å². The minimum Gasteiger partial charge on any atom is -0.397 e. The van der Waals surface area contributed by atoms with Gasteiger partial charge in [0, 0.05) is 32.6 Å². The number of likely N-dealkylation sites (tertiary alicyclic amines) is 2. The van der Waals surface area contributed by atoms with Gasteiger partial charge in [-0.25, -0.2) is 0 Å². The number of hydrogen-bond donors (Lipinski definition) is 1. The van der Waals surface area contributed by atoms with Crippen molar-refractivity contribution in [1.82, 2.24) is 19.8 Å². The maximum absolute atomic E-state index is 6.29. The van der Waals surface area contributed by atoms with E-state index in [1.807, 2.05) is 24.5 Å². The van der Waals surface area contributed by atoms with Crippen molar-refractivity contribution >= 4 is 44.8 Å². The standard InChI is InChI=1S/C20H22BrClN2.C20H24ClN3/c1-24-8-6-13(7-9-24)19-18-5-4-17(22)11-14(18)2-3-15-10-16(21)12-23-20(15)19;1-24-8-6-13(7-9-24)19-18-5-4-16(21)10-14(18)2-3-15-11-17(22)12-23-20(15)19/h4-5,10-13,19H,2-3,6-9H2,1H3;4-5,10-13,19H,2-3,6-9,22H2,1H3. The maximum atomic E-state index is 6.29. The van der Waals surface area contributed by atoms with Crippen molar-refractivity contribution < 1.29 is 0 Å². The number of benzene rings is 2. The number of aryl methyl sites for hydroxylation is 4. The Balaban J connectivity index is 0.000000152. The molecule has 8 heteroatoms. The van der Waals surface area contributed by atoms with Gasteiger partial charge in [0.1, 0.15) is 0 Å². The number of fused-ring (bicyclic) bond motifs is 4. The molecule has 2 aromatic carbocycles. The first-order valence-corrected chi connectivity index (χ1v) is 19.1. The Morgan fingerprint density at radius 3 is 1.56 bits per heavy atom. The minimum atomic E-state index is 0.365. The van der Waals surface area contributed by atoms with Crippen LogP contribution in [0.25, 0.3) is 0 Å². The molecule has 48 heavy (non-hydrogen) atoms. The van der Waals surface area contributed by atoms with E-state index < -0.39 is 0 Å². The molecule has 0 spiro atoms. The van der Waals surface area contributed by atoms with Crippen LogP contribution in [0.3, 0.4) is 0 Å². The van der Waals surface area contributed by atoms with Crippen molar-refractivity contribution in [2.45, 2.75) is 63.2 Å². The van der Waals surface area contributed by atoms with Crippen LogP contribution in [-0.2, 0) is 25.7 Å². The Morgan fingerprint density at radius 1 is 0.625 bits per heavy atom. The van der Waals surface area contributed by atoms with E-state index in [9.17, 15) is 0 Å². The Bertz CT molecular complexity index is 1530. The average Bonchev–Trinajstić information content (AvgIpc) is 3.33. The molecule has 0 bridgehead atoms. The van der Waals surface area contributed by atoms with Gasteiger partial charge >= 0.3 is 0 Å². The number of rotatable bonds is 2. The lowest BCUT2D eigenvalue weighted by Gasteiger charge is -2.35. The quantitative estimate of drug-likeness (QED) is 0.222. The lowest BCUT2D eigenvalue weighted by Crippen LogP contribution is -2.33. The van der Waals surface area contributed by atoms with Gasteiger partial charge in [0.05, 0.1) is 23.3 Å². The molecule has 2 aromatic heterocycles. The van der Waals surface area contributed by atoms with Crippen molar-refractivity contribution in [3.8, 4) is 0 Å². The third-order valence-electron chi connectivity index (χ3n) is 11.3. The molecule has 4 aromatic rings. The molecule has 2 atom stereocenters. The summed E-state index contributed by atoms with van der Waals surface area (Å²) in [6.07, 6.45) is 12.8. The number of piperidine rings is 2. The highest BCUT2D eigenvalue weighted by Gasteiger charge is 2.35. The van der Waals surface area contributed by atoms with Crippen molar-refractivity contribution in [1.29, 1.82) is 0 Å². The summed E-state index contributed by atoms with van der Waals surface area (Å²) in [7, 11) is 4.43. The first-order chi connectivity index (χ1) is 23.2. The molecule has 2 aliphatic carbocycles. The van der Waals surface area contributed by atoms with Crippen molar-refractivity contribution in [2.24, 2.45) is 11.8 Å². The third-order valence-corrected chi connectivity index (χ3v) is 12.2. The van der Waals surface area contributed by atoms with Crippen LogP contribution in [-0.4, -0.2) is 60.0 Å². The van der Waals surface area contributed by atoms with E-state index >= 15 is 0 Å². The van der Waals surface area contributed by atoms with E-state index in [1.54, 1.807) is 0 Å². The summed E-state index contributed by atoms with van der Waals surface area (Å²) in [5, 5.41) is 1.67. The van der Waals surface area contributed by atoms with Gasteiger partial charge in [-0.05, 0) is 189 Å². The topological polar surface area (TPSA) is 58.3 Å². The van der Waals surface area contributed by atoms with Crippen molar-refractivity contribution in [3.05, 3.63) is 120 Å². The van der Waals surface area contributed by atoms with E-state index in [-0.39, 0.29) is 0 Å². The average molecular weight is 748 g/mol. The number of halogens is 3. The van der Waals surface area contributed by atoms with E-state index in [4.69, 9.17) is 38.9 Å². The lowest BCUT2D eigenvalue weighted by atomic mass is 9.76. The zero-order valence-electron chi connectivity index (χ0n) is 28.1. The van der Waals surface area contributed by atoms with Gasteiger partial charge in [-0.15, -0.1) is 0 Å². The van der Waals surface area contributed by atoms with Crippen LogP contribution in [0.4, 0.5) is 5.69 Å². The molecule has 8 rings (SSSR count). The normalized spacial score (nSPS) is 21.9. The Labute approximate surface area is 304 Å². The van der Waals surface area contributed by atoms with Crippen LogP contribution in [0, 0.1) is 11.8 Å². The number of hydrogen-bond acceptors (Lipinski definition) is 5. The molecule has 5 nitrogen and oxygen atoms in total. The van der Waals surface area contributed by atoms with Gasteiger partial charge in [-0.1, -0.05) is 35.3 Å². The molecule has 0 radical (unpaired) electrons. The van der Waals surface area contributed by atoms with Gasteiger partial charge in [-0.2, -0.15) is 0 Å². The Hall–Kier alpha value is -2.48. The second-order valence-corrected chi connectivity index (χ2v) is 16.2. The van der Waals surface area contributed by atoms with E-state index in [2.05, 4.69) is 76.2 Å². The summed E-state index contributed by atoms with van der Waals surface area (Å²) < 4.78 is 1.08. The van der Waals surface area contributed by atoms with Crippen LogP contribution < -0.4 is 5.73 Å². The number of aromatic nitrogens is 2. The third kappa shape index (κ3) is 7.34. The van der Waals surface area contributed by atoms with Crippen LogP contribution in [0.2, 0.25) is 10.0 Å². The maximum Gasteiger partial charge on any atom is 0.0514 e. The second kappa shape index (κ2) is 14.8. The SMILES string of the molecule is CN1CCC(C2c3ccc(Cl)cc3CCc3cc(Br)cnc32)CC1.CN1CCC(C2c3ccc(Cl)cc3CCc3cc(N)cnc32)CC1. The zero-order valence-corrected chi connectivity index (χ0v) is 31.2. The summed E-state index contributed by atoms with van der Waals surface area (Å²) in [5.74, 6) is 2.06. The summed E-state index contributed by atoms with van der Waals surface area (Å²) in [4.78, 5) is 14.5. The number of anilines is 1. The largest absolute Gasteiger partial charge is 0.397 e. The van der Waals surface area contributed by atoms with Crippen LogP contribution in [0.15, 0.2) is 65.4 Å². The molecule has 0 saturated carbocycles. The highest BCUT2D eigenvalue weighted by atomic mass is 79.9. The smallest absolute Gasteiger partial charge is 0.0514 e. The number of nitrogens with zero attached hydrogens (tertiary/aromatic N) is 4. The van der Waals surface area contributed by atoms with Gasteiger partial charge < -0.3 is 15.5 Å². The molecule has 2 N–H and O–H groups in total. The van der Waals surface area contributed by atoms with Gasteiger partial charge in [0.2, 0.25) is 0 Å². The van der Waals surface area contributed by atoms with Crippen LogP contribution in [0.5, 0.6) is 0 Å². The summed E-state index contributed by atoms with van der Waals surface area (Å²) in [5.41, 5.74) is 17.6. The minimum absolute atomic E-state index is 0.365. The second-order valence-electron chi connectivity index (χ2n) is 14.4. The summed E-state index contributed by atoms with van der Waals surface area (Å²) in [6.45, 7) is 4.68. The monoisotopic (exact) mass is 745 g/mol. The fourth-order valence-electron chi connectivity index (χ4n) is 8.69. The Morgan fingerprint density at radius 2 is 1.06 bits per heavy atom. The molecular weight excluding hydrogens is 701 g/mol. The molecule has 2 saturated heterocycles. The van der Waals surface area contributed by atoms with Crippen LogP contribution in [0.1, 0.15) is 82.3 Å². The van der Waals surface area contributed by atoms with Gasteiger partial charge in [0.15, 0.2) is 0 Å². The predicted molar refractivity (Wildman–Crippen MR) is 202 cm³/mol. The van der Waals surface area contributed by atoms with Gasteiger partial charge in [0.25, 0.3) is 0 Å². The number of nitrogen functional groups attached to an aromatic ring is 1. The molecule has 4 aliphatic rings. The first kappa shape index (κ1) is 34.0. The predicted octanol–water partition coefficient (Wildman–Crippen LogP) is 8.96. The fourth-order valence-corrected chi connectivity index (χ4v) is 9.46. The highest BCUT2D eigenvalue weighted by molar-refractivity contribution is 9.10. The molecule has 2 fully saturated rings. The van der Waals surface area contributed by atoms with Crippen LogP contribution >= 0.6 is 39.1 Å². The molecule has 4 heterocycles. The summed E-state index contributed by atoms with van der Waals surface area (Å²) in [6, 6.07) is 17.3. The fraction of sp³-hybridized carbons (Fsp3) is 0.450. The molecule has 0 amide bonds.